The molecular weight excluding hydrogens is 196 g/mol. The van der Waals surface area contributed by atoms with Gasteiger partial charge in [0.1, 0.15) is 0 Å². The minimum atomic E-state index is -0.538. The van der Waals surface area contributed by atoms with Crippen molar-refractivity contribution in [3.8, 4) is 0 Å². The van der Waals surface area contributed by atoms with Gasteiger partial charge in [0.15, 0.2) is 0 Å². The Hall–Kier alpha value is -2.11. The van der Waals surface area contributed by atoms with Gasteiger partial charge in [-0.15, -0.1) is 0 Å². The van der Waals surface area contributed by atoms with Crippen LogP contribution in [0.3, 0.4) is 0 Å². The third-order valence-corrected chi connectivity index (χ3v) is 2.40. The van der Waals surface area contributed by atoms with Crippen molar-refractivity contribution >= 4 is 18.2 Å². The molecule has 2 aliphatic rings. The third-order valence-electron chi connectivity index (χ3n) is 2.40. The van der Waals surface area contributed by atoms with E-state index in [2.05, 4.69) is 4.99 Å². The minimum absolute atomic E-state index is 0.291. The molecule has 6 heteroatoms. The van der Waals surface area contributed by atoms with Gasteiger partial charge in [0.25, 0.3) is 5.91 Å². The van der Waals surface area contributed by atoms with E-state index in [0.29, 0.717) is 29.9 Å². The van der Waals surface area contributed by atoms with Crippen LogP contribution in [-0.2, 0) is 4.79 Å². The van der Waals surface area contributed by atoms with Crippen LogP contribution in [0.2, 0.25) is 0 Å². The first-order valence-corrected chi connectivity index (χ1v) is 4.41. The first-order chi connectivity index (χ1) is 7.09. The summed E-state index contributed by atoms with van der Waals surface area (Å²) >= 11 is 0. The largest absolute Gasteiger partial charge is 0.366 e. The maximum atomic E-state index is 11.0. The molecular formula is C9H10N4O2. The molecule has 4 N–H and O–H groups in total. The molecule has 0 atom stereocenters. The number of urea groups is 1. The zero-order chi connectivity index (χ0) is 11.0. The van der Waals surface area contributed by atoms with Gasteiger partial charge >= 0.3 is 6.03 Å². The van der Waals surface area contributed by atoms with Crippen LogP contribution >= 0.6 is 0 Å². The molecule has 0 spiro atoms. The number of carbonyl (C=O) groups is 2. The van der Waals surface area contributed by atoms with Crippen LogP contribution in [0.5, 0.6) is 0 Å². The second-order valence-corrected chi connectivity index (χ2v) is 3.32. The molecule has 78 valence electrons. The number of aliphatic imine (C=N–C) groups is 1. The van der Waals surface area contributed by atoms with Gasteiger partial charge in [-0.05, 0) is 6.08 Å². The predicted molar refractivity (Wildman–Crippen MR) is 54.0 cm³/mol. The molecule has 0 aromatic heterocycles. The van der Waals surface area contributed by atoms with Gasteiger partial charge in [0.05, 0.1) is 17.8 Å². The molecule has 2 aliphatic heterocycles. The van der Waals surface area contributed by atoms with E-state index in [4.69, 9.17) is 11.5 Å². The van der Waals surface area contributed by atoms with Crippen LogP contribution in [0.1, 0.15) is 0 Å². The lowest BCUT2D eigenvalue weighted by atomic mass is 10.0. The Kier molecular flexibility index (Phi) is 2.03. The fourth-order valence-electron chi connectivity index (χ4n) is 1.60. The molecule has 0 aromatic carbocycles. The Labute approximate surface area is 85.9 Å². The number of hydrogen-bond donors (Lipinski definition) is 2. The van der Waals surface area contributed by atoms with E-state index in [1.54, 1.807) is 6.08 Å². The second kappa shape index (κ2) is 3.23. The van der Waals surface area contributed by atoms with Gasteiger partial charge in [-0.25, -0.2) is 4.79 Å². The van der Waals surface area contributed by atoms with Crippen LogP contribution < -0.4 is 11.5 Å². The zero-order valence-corrected chi connectivity index (χ0v) is 7.93. The molecule has 3 amide bonds. The number of fused-ring (bicyclic) bond motifs is 1. The van der Waals surface area contributed by atoms with E-state index in [9.17, 15) is 9.59 Å². The molecule has 2 rings (SSSR count). The van der Waals surface area contributed by atoms with E-state index >= 15 is 0 Å². The Balaban J connectivity index is 2.36. The number of amides is 3. The predicted octanol–water partition coefficient (Wildman–Crippen LogP) is -0.869. The summed E-state index contributed by atoms with van der Waals surface area (Å²) in [6, 6.07) is -0.520. The number of nitrogens with zero attached hydrogens (tertiary/aromatic N) is 2. The van der Waals surface area contributed by atoms with Crippen molar-refractivity contribution in [2.75, 3.05) is 13.1 Å². The molecule has 15 heavy (non-hydrogen) atoms. The van der Waals surface area contributed by atoms with Gasteiger partial charge in [-0.2, -0.15) is 0 Å². The summed E-state index contributed by atoms with van der Waals surface area (Å²) in [6.07, 6.45) is 3.17. The summed E-state index contributed by atoms with van der Waals surface area (Å²) in [5, 5.41) is 0. The van der Waals surface area contributed by atoms with Gasteiger partial charge in [0.2, 0.25) is 0 Å². The van der Waals surface area contributed by atoms with E-state index in [1.807, 2.05) is 0 Å². The van der Waals surface area contributed by atoms with Gasteiger partial charge in [-0.3, -0.25) is 9.79 Å². The average Bonchev–Trinajstić information content (AvgIpc) is 2.59. The smallest absolute Gasteiger partial charge is 0.315 e. The fourth-order valence-corrected chi connectivity index (χ4v) is 1.60. The average molecular weight is 206 g/mol. The number of nitrogens with two attached hydrogens (primary N) is 2. The lowest BCUT2D eigenvalue weighted by molar-refractivity contribution is -0.114. The normalized spacial score (nSPS) is 18.9. The number of primary amides is 2. The van der Waals surface area contributed by atoms with E-state index < -0.39 is 11.9 Å². The van der Waals surface area contributed by atoms with Crippen molar-refractivity contribution in [1.29, 1.82) is 0 Å². The summed E-state index contributed by atoms with van der Waals surface area (Å²) in [6.45, 7) is 0.705. The van der Waals surface area contributed by atoms with E-state index in [0.717, 1.165) is 0 Å². The topological polar surface area (TPSA) is 102 Å². The SMILES string of the molecule is NC(=O)C1=C2CN(C(N)=O)CC=C2N=C1. The number of rotatable bonds is 1. The molecule has 0 radical (unpaired) electrons. The Morgan fingerprint density at radius 1 is 1.40 bits per heavy atom. The fraction of sp³-hybridized carbons (Fsp3) is 0.222. The van der Waals surface area contributed by atoms with E-state index in [-0.39, 0.29) is 0 Å². The van der Waals surface area contributed by atoms with Gasteiger partial charge < -0.3 is 16.4 Å². The highest BCUT2D eigenvalue weighted by Crippen LogP contribution is 2.25. The quantitative estimate of drug-likeness (QED) is 0.582. The highest BCUT2D eigenvalue weighted by molar-refractivity contribution is 6.14. The maximum Gasteiger partial charge on any atom is 0.315 e. The standard InChI is InChI=1S/C9H10N4O2/c10-8(14)5-3-12-7-1-2-13(9(11)15)4-6(5)7/h1,3H,2,4H2,(H2,10,14)(H2,11,15). The minimum Gasteiger partial charge on any atom is -0.366 e. The molecule has 2 heterocycles. The van der Waals surface area contributed by atoms with Crippen LogP contribution in [-0.4, -0.2) is 36.1 Å². The molecule has 0 unspecified atom stereocenters. The van der Waals surface area contributed by atoms with Crippen molar-refractivity contribution in [3.05, 3.63) is 22.9 Å². The Morgan fingerprint density at radius 3 is 2.73 bits per heavy atom. The van der Waals surface area contributed by atoms with E-state index in [1.165, 1.54) is 11.1 Å². The molecule has 0 aromatic rings. The third kappa shape index (κ3) is 1.50. The second-order valence-electron chi connectivity index (χ2n) is 3.32. The highest BCUT2D eigenvalue weighted by atomic mass is 16.2. The lowest BCUT2D eigenvalue weighted by Gasteiger charge is -2.24. The first kappa shape index (κ1) is 9.45. The van der Waals surface area contributed by atoms with Crippen molar-refractivity contribution < 1.29 is 9.59 Å². The molecule has 0 bridgehead atoms. The van der Waals surface area contributed by atoms with Crippen molar-refractivity contribution in [2.24, 2.45) is 16.5 Å². The molecule has 0 saturated carbocycles. The monoisotopic (exact) mass is 206 g/mol. The van der Waals surface area contributed by atoms with Crippen LogP contribution in [0.4, 0.5) is 4.79 Å². The maximum absolute atomic E-state index is 11.0. The molecule has 0 saturated heterocycles. The molecule has 0 aliphatic carbocycles. The lowest BCUT2D eigenvalue weighted by Crippen LogP contribution is -2.39. The van der Waals surface area contributed by atoms with Gasteiger partial charge in [0, 0.05) is 18.3 Å². The van der Waals surface area contributed by atoms with Crippen LogP contribution in [0.25, 0.3) is 0 Å². The number of hydrogen-bond acceptors (Lipinski definition) is 3. The number of carbonyl (C=O) groups excluding carboxylic acids is 2. The summed E-state index contributed by atoms with van der Waals surface area (Å²) in [5.74, 6) is -0.538. The summed E-state index contributed by atoms with van der Waals surface area (Å²) in [4.78, 5) is 27.5. The summed E-state index contributed by atoms with van der Waals surface area (Å²) in [7, 11) is 0. The van der Waals surface area contributed by atoms with Crippen LogP contribution in [0.15, 0.2) is 27.9 Å². The summed E-state index contributed by atoms with van der Waals surface area (Å²) in [5.41, 5.74) is 12.1. The zero-order valence-electron chi connectivity index (χ0n) is 7.93. The van der Waals surface area contributed by atoms with Gasteiger partial charge in [-0.1, -0.05) is 0 Å². The van der Waals surface area contributed by atoms with Crippen molar-refractivity contribution in [2.45, 2.75) is 0 Å². The Morgan fingerprint density at radius 2 is 2.13 bits per heavy atom. The highest BCUT2D eigenvalue weighted by Gasteiger charge is 2.26. The summed E-state index contributed by atoms with van der Waals surface area (Å²) < 4.78 is 0. The Bertz CT molecular complexity index is 433. The first-order valence-electron chi connectivity index (χ1n) is 4.41. The molecule has 0 fully saturated rings. The van der Waals surface area contributed by atoms with Crippen LogP contribution in [0, 0.1) is 0 Å². The van der Waals surface area contributed by atoms with Crippen molar-refractivity contribution in [1.82, 2.24) is 4.90 Å². The molecule has 6 nitrogen and oxygen atoms in total. The van der Waals surface area contributed by atoms with Crippen molar-refractivity contribution in [3.63, 3.8) is 0 Å².